The van der Waals surface area contributed by atoms with Crippen molar-refractivity contribution in [1.29, 1.82) is 0 Å². The van der Waals surface area contributed by atoms with Gasteiger partial charge >= 0.3 is 0 Å². The zero-order valence-electron chi connectivity index (χ0n) is 10.3. The van der Waals surface area contributed by atoms with Crippen molar-refractivity contribution in [2.75, 3.05) is 13.2 Å². The molecule has 0 aliphatic rings. The van der Waals surface area contributed by atoms with Crippen LogP contribution >= 0.6 is 15.9 Å². The summed E-state index contributed by atoms with van der Waals surface area (Å²) in [7, 11) is 1.92. The fraction of sp³-hybridized carbons (Fsp3) is 0.308. The molecule has 1 aromatic carbocycles. The summed E-state index contributed by atoms with van der Waals surface area (Å²) in [6, 6.07) is 9.84. The monoisotopic (exact) mass is 309 g/mol. The van der Waals surface area contributed by atoms with Crippen molar-refractivity contribution in [3.8, 4) is 5.75 Å². The van der Waals surface area contributed by atoms with Crippen LogP contribution in [-0.2, 0) is 13.6 Å². The van der Waals surface area contributed by atoms with Crippen molar-refractivity contribution in [2.45, 2.75) is 6.54 Å². The molecule has 96 valence electrons. The molecule has 1 aromatic heterocycles. The van der Waals surface area contributed by atoms with Crippen molar-refractivity contribution in [3.63, 3.8) is 0 Å². The van der Waals surface area contributed by atoms with Crippen LogP contribution in [0.25, 0.3) is 0 Å². The van der Waals surface area contributed by atoms with E-state index in [0.717, 1.165) is 29.0 Å². The molecule has 0 aliphatic heterocycles. The molecule has 2 rings (SSSR count). The number of halogens is 1. The summed E-state index contributed by atoms with van der Waals surface area (Å²) in [6.07, 6.45) is 1.94. The van der Waals surface area contributed by atoms with E-state index >= 15 is 0 Å². The Morgan fingerprint density at radius 3 is 3.00 bits per heavy atom. The summed E-state index contributed by atoms with van der Waals surface area (Å²) in [4.78, 5) is 0. The highest BCUT2D eigenvalue weighted by Crippen LogP contribution is 2.17. The predicted molar refractivity (Wildman–Crippen MR) is 74.6 cm³/mol. The van der Waals surface area contributed by atoms with Gasteiger partial charge < -0.3 is 10.1 Å². The van der Waals surface area contributed by atoms with Gasteiger partial charge in [0.1, 0.15) is 12.4 Å². The minimum Gasteiger partial charge on any atom is -0.492 e. The molecule has 0 saturated carbocycles. The SMILES string of the molecule is Cn1ccc(CNCCOc2cccc(Br)c2)n1. The lowest BCUT2D eigenvalue weighted by Crippen LogP contribution is -2.20. The molecule has 0 saturated heterocycles. The molecule has 0 aliphatic carbocycles. The van der Waals surface area contributed by atoms with Gasteiger partial charge in [-0.05, 0) is 24.3 Å². The minimum absolute atomic E-state index is 0.642. The third-order valence-electron chi connectivity index (χ3n) is 2.42. The number of nitrogens with zero attached hydrogens (tertiary/aromatic N) is 2. The molecule has 0 bridgehead atoms. The summed E-state index contributed by atoms with van der Waals surface area (Å²) >= 11 is 3.41. The number of rotatable bonds is 6. The lowest BCUT2D eigenvalue weighted by Gasteiger charge is -2.07. The number of benzene rings is 1. The normalized spacial score (nSPS) is 10.6. The number of ether oxygens (including phenoxy) is 1. The first-order chi connectivity index (χ1) is 8.74. The quantitative estimate of drug-likeness (QED) is 0.833. The maximum atomic E-state index is 5.61. The van der Waals surface area contributed by atoms with E-state index in [1.807, 2.05) is 43.6 Å². The summed E-state index contributed by atoms with van der Waals surface area (Å²) in [5, 5.41) is 7.57. The number of aryl methyl sites for hydroxylation is 1. The Hall–Kier alpha value is -1.33. The van der Waals surface area contributed by atoms with Crippen LogP contribution in [0.1, 0.15) is 5.69 Å². The van der Waals surface area contributed by atoms with E-state index in [4.69, 9.17) is 4.74 Å². The highest BCUT2D eigenvalue weighted by molar-refractivity contribution is 9.10. The maximum Gasteiger partial charge on any atom is 0.120 e. The van der Waals surface area contributed by atoms with Gasteiger partial charge in [-0.2, -0.15) is 5.10 Å². The Labute approximate surface area is 115 Å². The van der Waals surface area contributed by atoms with Gasteiger partial charge in [0.2, 0.25) is 0 Å². The van der Waals surface area contributed by atoms with Crippen molar-refractivity contribution < 1.29 is 4.74 Å². The predicted octanol–water partition coefficient (Wildman–Crippen LogP) is 2.35. The number of hydrogen-bond acceptors (Lipinski definition) is 3. The molecule has 0 unspecified atom stereocenters. The Morgan fingerprint density at radius 1 is 1.39 bits per heavy atom. The van der Waals surface area contributed by atoms with Gasteiger partial charge in [-0.1, -0.05) is 22.0 Å². The first-order valence-corrected chi connectivity index (χ1v) is 6.61. The van der Waals surface area contributed by atoms with Crippen LogP contribution in [0.3, 0.4) is 0 Å². The minimum atomic E-state index is 0.642. The van der Waals surface area contributed by atoms with Crippen LogP contribution in [0.5, 0.6) is 5.75 Å². The number of hydrogen-bond donors (Lipinski definition) is 1. The standard InChI is InChI=1S/C13H16BrN3O/c1-17-7-5-12(16-17)10-15-6-8-18-13-4-2-3-11(14)9-13/h2-5,7,9,15H,6,8,10H2,1H3. The van der Waals surface area contributed by atoms with Crippen LogP contribution in [0.15, 0.2) is 41.0 Å². The Bertz CT molecular complexity index is 498. The molecule has 2 aromatic rings. The van der Waals surface area contributed by atoms with E-state index in [0.29, 0.717) is 6.61 Å². The zero-order valence-corrected chi connectivity index (χ0v) is 11.9. The fourth-order valence-corrected chi connectivity index (χ4v) is 1.95. The Balaban J connectivity index is 1.64. The molecular weight excluding hydrogens is 294 g/mol. The van der Waals surface area contributed by atoms with Gasteiger partial charge in [0, 0.05) is 30.8 Å². The summed E-state index contributed by atoms with van der Waals surface area (Å²) in [5.74, 6) is 0.879. The molecule has 18 heavy (non-hydrogen) atoms. The van der Waals surface area contributed by atoms with Crippen LogP contribution in [-0.4, -0.2) is 22.9 Å². The van der Waals surface area contributed by atoms with E-state index in [-0.39, 0.29) is 0 Å². The van der Waals surface area contributed by atoms with E-state index in [9.17, 15) is 0 Å². The van der Waals surface area contributed by atoms with Crippen molar-refractivity contribution in [3.05, 3.63) is 46.7 Å². The largest absolute Gasteiger partial charge is 0.492 e. The molecule has 5 heteroatoms. The first kappa shape index (κ1) is 13.1. The average Bonchev–Trinajstić information content (AvgIpc) is 2.75. The molecule has 0 radical (unpaired) electrons. The van der Waals surface area contributed by atoms with E-state index in [2.05, 4.69) is 26.3 Å². The molecule has 1 N–H and O–H groups in total. The number of nitrogens with one attached hydrogen (secondary N) is 1. The lowest BCUT2D eigenvalue weighted by molar-refractivity contribution is 0.313. The highest BCUT2D eigenvalue weighted by atomic mass is 79.9. The third kappa shape index (κ3) is 4.16. The highest BCUT2D eigenvalue weighted by Gasteiger charge is 1.97. The molecule has 0 fully saturated rings. The summed E-state index contributed by atoms with van der Waals surface area (Å²) in [6.45, 7) is 2.20. The zero-order chi connectivity index (χ0) is 12.8. The van der Waals surface area contributed by atoms with Gasteiger partial charge in [0.15, 0.2) is 0 Å². The van der Waals surface area contributed by atoms with Crippen molar-refractivity contribution >= 4 is 15.9 Å². The smallest absolute Gasteiger partial charge is 0.120 e. The molecule has 0 amide bonds. The van der Waals surface area contributed by atoms with E-state index in [1.54, 1.807) is 4.68 Å². The van der Waals surface area contributed by atoms with E-state index in [1.165, 1.54) is 0 Å². The summed E-state index contributed by atoms with van der Waals surface area (Å²) in [5.41, 5.74) is 1.04. The number of aromatic nitrogens is 2. The van der Waals surface area contributed by atoms with Gasteiger partial charge in [-0.3, -0.25) is 4.68 Å². The van der Waals surface area contributed by atoms with Crippen LogP contribution in [0.4, 0.5) is 0 Å². The maximum absolute atomic E-state index is 5.61. The van der Waals surface area contributed by atoms with Crippen molar-refractivity contribution in [1.82, 2.24) is 15.1 Å². The Morgan fingerprint density at radius 2 is 2.28 bits per heavy atom. The molecule has 1 heterocycles. The van der Waals surface area contributed by atoms with E-state index < -0.39 is 0 Å². The second kappa shape index (κ2) is 6.56. The molecule has 0 atom stereocenters. The van der Waals surface area contributed by atoms with Gasteiger partial charge in [0.05, 0.1) is 5.69 Å². The molecular formula is C13H16BrN3O. The Kier molecular flexibility index (Phi) is 4.78. The molecule has 4 nitrogen and oxygen atoms in total. The van der Waals surface area contributed by atoms with Gasteiger partial charge in [-0.25, -0.2) is 0 Å². The summed E-state index contributed by atoms with van der Waals surface area (Å²) < 4.78 is 8.44. The average molecular weight is 310 g/mol. The first-order valence-electron chi connectivity index (χ1n) is 5.81. The van der Waals surface area contributed by atoms with Gasteiger partial charge in [-0.15, -0.1) is 0 Å². The lowest BCUT2D eigenvalue weighted by atomic mass is 10.3. The molecule has 0 spiro atoms. The topological polar surface area (TPSA) is 39.1 Å². The van der Waals surface area contributed by atoms with Gasteiger partial charge in [0.25, 0.3) is 0 Å². The van der Waals surface area contributed by atoms with Crippen LogP contribution in [0, 0.1) is 0 Å². The van der Waals surface area contributed by atoms with Crippen molar-refractivity contribution in [2.24, 2.45) is 7.05 Å². The van der Waals surface area contributed by atoms with Crippen LogP contribution in [0.2, 0.25) is 0 Å². The third-order valence-corrected chi connectivity index (χ3v) is 2.91. The second-order valence-corrected chi connectivity index (χ2v) is 4.88. The van der Waals surface area contributed by atoms with Crippen LogP contribution < -0.4 is 10.1 Å². The fourth-order valence-electron chi connectivity index (χ4n) is 1.57. The second-order valence-electron chi connectivity index (χ2n) is 3.96.